The van der Waals surface area contributed by atoms with E-state index in [4.69, 9.17) is 9.84 Å². The van der Waals surface area contributed by atoms with E-state index in [1.54, 1.807) is 43.3 Å². The normalized spacial score (nSPS) is 11.0. The van der Waals surface area contributed by atoms with E-state index in [1.165, 1.54) is 6.07 Å². The van der Waals surface area contributed by atoms with E-state index >= 15 is 0 Å². The molecule has 8 heteroatoms. The Morgan fingerprint density at radius 1 is 1.11 bits per heavy atom. The Morgan fingerprint density at radius 2 is 1.78 bits per heavy atom. The van der Waals surface area contributed by atoms with E-state index in [9.17, 15) is 18.0 Å². The Hall–Kier alpha value is -2.87. The highest BCUT2D eigenvalue weighted by Gasteiger charge is 2.15. The third kappa shape index (κ3) is 6.10. The molecule has 0 fully saturated rings. The lowest BCUT2D eigenvalue weighted by Gasteiger charge is -2.10. The van der Waals surface area contributed by atoms with Gasteiger partial charge in [-0.2, -0.15) is 0 Å². The third-order valence-electron chi connectivity index (χ3n) is 3.77. The topological polar surface area (TPSA) is 110 Å². The van der Waals surface area contributed by atoms with Crippen molar-refractivity contribution in [2.45, 2.75) is 24.7 Å². The zero-order valence-electron chi connectivity index (χ0n) is 15.1. The van der Waals surface area contributed by atoms with Crippen LogP contribution in [0.2, 0.25) is 0 Å². The number of ether oxygens (including phenoxy) is 1. The summed E-state index contributed by atoms with van der Waals surface area (Å²) in [4.78, 5) is 22.9. The molecular formula is C19H21NO6S. The molecule has 7 nitrogen and oxygen atoms in total. The zero-order chi connectivity index (χ0) is 20.0. The highest BCUT2D eigenvalue weighted by atomic mass is 32.2. The van der Waals surface area contributed by atoms with Gasteiger partial charge < -0.3 is 15.2 Å². The number of carbonyl (C=O) groups is 2. The largest absolute Gasteiger partial charge is 0.494 e. The fraction of sp³-hybridized carbons (Fsp3) is 0.263. The van der Waals surface area contributed by atoms with Crippen molar-refractivity contribution in [2.24, 2.45) is 0 Å². The molecule has 0 heterocycles. The predicted octanol–water partition coefficient (Wildman–Crippen LogP) is 2.89. The highest BCUT2D eigenvalue weighted by molar-refractivity contribution is 7.90. The summed E-state index contributed by atoms with van der Waals surface area (Å²) in [6, 6.07) is 11.1. The number of amides is 1. The smallest absolute Gasteiger partial charge is 0.303 e. The van der Waals surface area contributed by atoms with E-state index < -0.39 is 21.7 Å². The van der Waals surface area contributed by atoms with Crippen molar-refractivity contribution in [2.75, 3.05) is 18.2 Å². The summed E-state index contributed by atoms with van der Waals surface area (Å²) >= 11 is 0. The van der Waals surface area contributed by atoms with Gasteiger partial charge in [-0.1, -0.05) is 6.07 Å². The first-order valence-corrected chi connectivity index (χ1v) is 10.1. The first-order chi connectivity index (χ1) is 12.7. The number of benzene rings is 2. The first-order valence-electron chi connectivity index (χ1n) is 8.23. The quantitative estimate of drug-likeness (QED) is 0.670. The van der Waals surface area contributed by atoms with Crippen molar-refractivity contribution in [1.82, 2.24) is 0 Å². The number of hydrogen-bond donors (Lipinski definition) is 2. The van der Waals surface area contributed by atoms with Gasteiger partial charge in [0.2, 0.25) is 0 Å². The van der Waals surface area contributed by atoms with Gasteiger partial charge >= 0.3 is 5.97 Å². The second-order valence-corrected chi connectivity index (χ2v) is 8.06. The Morgan fingerprint density at radius 3 is 2.37 bits per heavy atom. The van der Waals surface area contributed by atoms with Crippen molar-refractivity contribution in [3.63, 3.8) is 0 Å². The molecule has 0 radical (unpaired) electrons. The minimum Gasteiger partial charge on any atom is -0.494 e. The molecule has 1 amide bonds. The molecule has 2 aromatic carbocycles. The molecule has 0 spiro atoms. The van der Waals surface area contributed by atoms with Gasteiger partial charge in [0.25, 0.3) is 5.91 Å². The molecular weight excluding hydrogens is 370 g/mol. The van der Waals surface area contributed by atoms with Crippen molar-refractivity contribution in [3.8, 4) is 5.75 Å². The van der Waals surface area contributed by atoms with Gasteiger partial charge in [-0.05, 0) is 55.3 Å². The molecule has 2 aromatic rings. The maximum atomic E-state index is 12.4. The average molecular weight is 391 g/mol. The summed E-state index contributed by atoms with van der Waals surface area (Å²) in [5.41, 5.74) is 1.35. The lowest BCUT2D eigenvalue weighted by Crippen LogP contribution is -2.13. The van der Waals surface area contributed by atoms with Crippen LogP contribution in [0.3, 0.4) is 0 Å². The van der Waals surface area contributed by atoms with E-state index in [0.717, 1.165) is 6.26 Å². The molecule has 27 heavy (non-hydrogen) atoms. The second-order valence-electron chi connectivity index (χ2n) is 6.08. The van der Waals surface area contributed by atoms with Crippen LogP contribution >= 0.6 is 0 Å². The molecule has 0 aromatic heterocycles. The number of carboxylic acids is 1. The van der Waals surface area contributed by atoms with Gasteiger partial charge in [-0.3, -0.25) is 9.59 Å². The number of rotatable bonds is 8. The molecule has 0 atom stereocenters. The van der Waals surface area contributed by atoms with Crippen LogP contribution in [0, 0.1) is 6.92 Å². The molecule has 2 rings (SSSR count). The van der Waals surface area contributed by atoms with Gasteiger partial charge in [0.05, 0.1) is 11.5 Å². The molecule has 2 N–H and O–H groups in total. The predicted molar refractivity (Wildman–Crippen MR) is 101 cm³/mol. The van der Waals surface area contributed by atoms with Crippen LogP contribution in [0.4, 0.5) is 5.69 Å². The van der Waals surface area contributed by atoms with E-state index in [2.05, 4.69) is 5.32 Å². The molecule has 144 valence electrons. The minimum absolute atomic E-state index is 0.0418. The summed E-state index contributed by atoms with van der Waals surface area (Å²) < 4.78 is 29.0. The number of aliphatic carboxylic acids is 1. The van der Waals surface area contributed by atoms with Crippen molar-refractivity contribution in [1.29, 1.82) is 0 Å². The zero-order valence-corrected chi connectivity index (χ0v) is 15.9. The number of hydrogen-bond acceptors (Lipinski definition) is 5. The van der Waals surface area contributed by atoms with Crippen LogP contribution in [0.5, 0.6) is 5.75 Å². The van der Waals surface area contributed by atoms with Gasteiger partial charge in [-0.25, -0.2) is 8.42 Å². The maximum absolute atomic E-state index is 12.4. The van der Waals surface area contributed by atoms with Crippen LogP contribution in [-0.2, 0) is 14.6 Å². The van der Waals surface area contributed by atoms with E-state index in [0.29, 0.717) is 23.4 Å². The molecule has 0 saturated carbocycles. The SMILES string of the molecule is Cc1ccc(C(=O)Nc2ccc(OCCCC(=O)O)cc2)cc1S(C)(=O)=O. The standard InChI is InChI=1S/C19H21NO6S/c1-13-5-6-14(12-17(13)27(2,24)25)19(23)20-15-7-9-16(10-8-15)26-11-3-4-18(21)22/h5-10,12H,3-4,11H2,1-2H3,(H,20,23)(H,21,22). The monoisotopic (exact) mass is 391 g/mol. The fourth-order valence-corrected chi connectivity index (χ4v) is 3.39. The van der Waals surface area contributed by atoms with Gasteiger partial charge in [-0.15, -0.1) is 0 Å². The summed E-state index contributed by atoms with van der Waals surface area (Å²) in [5.74, 6) is -0.727. The molecule has 0 bridgehead atoms. The maximum Gasteiger partial charge on any atom is 0.303 e. The molecule has 0 aliphatic carbocycles. The molecule has 0 saturated heterocycles. The van der Waals surface area contributed by atoms with Gasteiger partial charge in [0.15, 0.2) is 9.84 Å². The lowest BCUT2D eigenvalue weighted by atomic mass is 10.1. The van der Waals surface area contributed by atoms with Crippen LogP contribution in [0.1, 0.15) is 28.8 Å². The lowest BCUT2D eigenvalue weighted by molar-refractivity contribution is -0.137. The Bertz CT molecular complexity index is 935. The molecule has 0 unspecified atom stereocenters. The Balaban J connectivity index is 2.01. The second kappa shape index (κ2) is 8.68. The number of carbonyl (C=O) groups excluding carboxylic acids is 1. The number of nitrogens with one attached hydrogen (secondary N) is 1. The summed E-state index contributed by atoms with van der Waals surface area (Å²) in [5, 5.41) is 11.3. The number of carboxylic acid groups (broad SMARTS) is 1. The summed E-state index contributed by atoms with van der Waals surface area (Å²) in [7, 11) is -3.42. The number of aryl methyl sites for hydroxylation is 1. The van der Waals surface area contributed by atoms with E-state index in [1.807, 2.05) is 0 Å². The van der Waals surface area contributed by atoms with Crippen molar-refractivity contribution in [3.05, 3.63) is 53.6 Å². The molecule has 0 aliphatic rings. The fourth-order valence-electron chi connectivity index (χ4n) is 2.39. The average Bonchev–Trinajstić information content (AvgIpc) is 2.59. The Kier molecular flexibility index (Phi) is 6.57. The highest BCUT2D eigenvalue weighted by Crippen LogP contribution is 2.20. The van der Waals surface area contributed by atoms with Crippen LogP contribution in [0.15, 0.2) is 47.4 Å². The minimum atomic E-state index is -3.42. The summed E-state index contributed by atoms with van der Waals surface area (Å²) in [6.45, 7) is 1.96. The first kappa shape index (κ1) is 20.4. The number of sulfone groups is 1. The number of anilines is 1. The van der Waals surface area contributed by atoms with Gasteiger partial charge in [0, 0.05) is 23.9 Å². The van der Waals surface area contributed by atoms with Crippen molar-refractivity contribution >= 4 is 27.4 Å². The third-order valence-corrected chi connectivity index (χ3v) is 5.00. The summed E-state index contributed by atoms with van der Waals surface area (Å²) in [6.07, 6.45) is 1.55. The van der Waals surface area contributed by atoms with Crippen LogP contribution < -0.4 is 10.1 Å². The van der Waals surface area contributed by atoms with E-state index in [-0.39, 0.29) is 23.5 Å². The van der Waals surface area contributed by atoms with Crippen LogP contribution in [-0.4, -0.2) is 38.3 Å². The van der Waals surface area contributed by atoms with Gasteiger partial charge in [0.1, 0.15) is 5.75 Å². The molecule has 0 aliphatic heterocycles. The Labute approximate surface area is 157 Å². The van der Waals surface area contributed by atoms with Crippen molar-refractivity contribution < 1.29 is 27.9 Å². The van der Waals surface area contributed by atoms with Crippen LogP contribution in [0.25, 0.3) is 0 Å².